The average Bonchev–Trinajstić information content (AvgIpc) is 2.93. The molecular formula is C14H13NO2S. The van der Waals surface area contributed by atoms with Crippen LogP contribution in [-0.4, -0.2) is 18.0 Å². The van der Waals surface area contributed by atoms with Crippen molar-refractivity contribution in [3.05, 3.63) is 58.3 Å². The van der Waals surface area contributed by atoms with Crippen molar-refractivity contribution >= 4 is 23.1 Å². The minimum Gasteiger partial charge on any atom is -0.497 e. The Kier molecular flexibility index (Phi) is 4.15. The molecule has 0 atom stereocenters. The lowest BCUT2D eigenvalue weighted by molar-refractivity contribution is 0.320. The first-order valence-corrected chi connectivity index (χ1v) is 6.29. The molecule has 0 aliphatic carbocycles. The van der Waals surface area contributed by atoms with Crippen LogP contribution in [0.5, 0.6) is 5.75 Å². The zero-order valence-corrected chi connectivity index (χ0v) is 10.7. The number of nitrogens with zero attached hydrogens (tertiary/aromatic N) is 1. The third-order valence-electron chi connectivity index (χ3n) is 2.44. The van der Waals surface area contributed by atoms with Gasteiger partial charge in [0.25, 0.3) is 0 Å². The van der Waals surface area contributed by atoms with E-state index in [4.69, 9.17) is 9.94 Å². The molecule has 1 N–H and O–H groups in total. The van der Waals surface area contributed by atoms with E-state index < -0.39 is 0 Å². The number of allylic oxidation sites excluding steroid dienone is 1. The fourth-order valence-corrected chi connectivity index (χ4v) is 2.11. The molecule has 0 saturated heterocycles. The second-order valence-electron chi connectivity index (χ2n) is 3.56. The van der Waals surface area contributed by atoms with E-state index in [2.05, 4.69) is 5.16 Å². The van der Waals surface area contributed by atoms with Crippen molar-refractivity contribution in [3.8, 4) is 5.75 Å². The first-order chi connectivity index (χ1) is 8.83. The molecule has 0 aliphatic rings. The maximum absolute atomic E-state index is 9.04. The van der Waals surface area contributed by atoms with Gasteiger partial charge in [0.15, 0.2) is 0 Å². The Morgan fingerprint density at radius 3 is 2.61 bits per heavy atom. The van der Waals surface area contributed by atoms with Crippen molar-refractivity contribution in [3.63, 3.8) is 0 Å². The van der Waals surface area contributed by atoms with Crippen LogP contribution in [0.15, 0.2) is 53.0 Å². The highest BCUT2D eigenvalue weighted by atomic mass is 32.1. The normalized spacial score (nSPS) is 11.9. The molecule has 1 aromatic carbocycles. The second-order valence-corrected chi connectivity index (χ2v) is 4.54. The largest absolute Gasteiger partial charge is 0.497 e. The molecule has 0 bridgehead atoms. The van der Waals surface area contributed by atoms with Crippen molar-refractivity contribution in [2.75, 3.05) is 7.11 Å². The van der Waals surface area contributed by atoms with Gasteiger partial charge in [0.1, 0.15) is 11.5 Å². The minimum atomic E-state index is 0.519. The van der Waals surface area contributed by atoms with Gasteiger partial charge in [-0.3, -0.25) is 0 Å². The molecule has 0 radical (unpaired) electrons. The molecule has 1 aromatic heterocycles. The van der Waals surface area contributed by atoms with Gasteiger partial charge in [-0.2, -0.15) is 0 Å². The number of methoxy groups -OCH3 is 1. The fraction of sp³-hybridized carbons (Fsp3) is 0.0714. The molecule has 0 amide bonds. The summed E-state index contributed by atoms with van der Waals surface area (Å²) in [4.78, 5) is 1.12. The van der Waals surface area contributed by atoms with E-state index in [1.807, 2.05) is 47.9 Å². The lowest BCUT2D eigenvalue weighted by Crippen LogP contribution is -1.96. The third kappa shape index (κ3) is 2.99. The summed E-state index contributed by atoms with van der Waals surface area (Å²) in [5.41, 5.74) is 1.36. The lowest BCUT2D eigenvalue weighted by Gasteiger charge is -2.02. The SMILES string of the molecule is COc1ccc(C(/C=C/c2cccs2)=N/O)cc1. The first kappa shape index (κ1) is 12.4. The highest BCUT2D eigenvalue weighted by Crippen LogP contribution is 2.14. The van der Waals surface area contributed by atoms with E-state index >= 15 is 0 Å². The Hall–Kier alpha value is -2.07. The molecule has 2 aromatic rings. The minimum absolute atomic E-state index is 0.519. The standard InChI is InChI=1S/C14H13NO2S/c1-17-12-6-4-11(5-7-12)14(15-16)9-8-13-3-2-10-18-13/h2-10,16H,1H3/b9-8+,15-14+. The van der Waals surface area contributed by atoms with Crippen LogP contribution >= 0.6 is 11.3 Å². The number of rotatable bonds is 4. The quantitative estimate of drug-likeness (QED) is 0.517. The van der Waals surface area contributed by atoms with Crippen LogP contribution in [0.3, 0.4) is 0 Å². The predicted octanol–water partition coefficient (Wildman–Crippen LogP) is 3.65. The number of thiophene rings is 1. The maximum Gasteiger partial charge on any atom is 0.118 e. The number of ether oxygens (including phenoxy) is 1. The molecule has 0 fully saturated rings. The van der Waals surface area contributed by atoms with Crippen molar-refractivity contribution in [1.82, 2.24) is 0 Å². The van der Waals surface area contributed by atoms with Gasteiger partial charge in [-0.05, 0) is 47.9 Å². The summed E-state index contributed by atoms with van der Waals surface area (Å²) in [6.07, 6.45) is 3.71. The van der Waals surface area contributed by atoms with E-state index in [0.29, 0.717) is 5.71 Å². The number of hydrogen-bond donors (Lipinski definition) is 1. The van der Waals surface area contributed by atoms with Crippen LogP contribution in [0, 0.1) is 0 Å². The second kappa shape index (κ2) is 6.02. The Morgan fingerprint density at radius 2 is 2.06 bits per heavy atom. The summed E-state index contributed by atoms with van der Waals surface area (Å²) in [5, 5.41) is 14.4. The topological polar surface area (TPSA) is 41.8 Å². The highest BCUT2D eigenvalue weighted by molar-refractivity contribution is 7.10. The van der Waals surface area contributed by atoms with Crippen LogP contribution in [0.2, 0.25) is 0 Å². The molecule has 0 spiro atoms. The average molecular weight is 259 g/mol. The summed E-state index contributed by atoms with van der Waals surface area (Å²) >= 11 is 1.63. The summed E-state index contributed by atoms with van der Waals surface area (Å²) in [6, 6.07) is 11.4. The maximum atomic E-state index is 9.04. The van der Waals surface area contributed by atoms with E-state index in [1.165, 1.54) is 0 Å². The Labute approximate surface area is 110 Å². The zero-order chi connectivity index (χ0) is 12.8. The van der Waals surface area contributed by atoms with Crippen molar-refractivity contribution < 1.29 is 9.94 Å². The van der Waals surface area contributed by atoms with E-state index in [1.54, 1.807) is 24.5 Å². The zero-order valence-electron chi connectivity index (χ0n) is 9.91. The summed E-state index contributed by atoms with van der Waals surface area (Å²) < 4.78 is 5.08. The molecule has 18 heavy (non-hydrogen) atoms. The Bertz CT molecular complexity index is 542. The van der Waals surface area contributed by atoms with E-state index in [-0.39, 0.29) is 0 Å². The van der Waals surface area contributed by atoms with Crippen LogP contribution < -0.4 is 4.74 Å². The van der Waals surface area contributed by atoms with Crippen molar-refractivity contribution in [2.45, 2.75) is 0 Å². The van der Waals surface area contributed by atoms with Crippen molar-refractivity contribution in [1.29, 1.82) is 0 Å². The number of oxime groups is 1. The van der Waals surface area contributed by atoms with Gasteiger partial charge in [-0.15, -0.1) is 11.3 Å². The van der Waals surface area contributed by atoms with Crippen LogP contribution in [-0.2, 0) is 0 Å². The first-order valence-electron chi connectivity index (χ1n) is 5.41. The molecule has 1 heterocycles. The van der Waals surface area contributed by atoms with Gasteiger partial charge in [0.05, 0.1) is 7.11 Å². The molecule has 3 nitrogen and oxygen atoms in total. The Balaban J connectivity index is 2.18. The highest BCUT2D eigenvalue weighted by Gasteiger charge is 2.01. The number of hydrogen-bond acceptors (Lipinski definition) is 4. The number of benzene rings is 1. The van der Waals surface area contributed by atoms with Crippen LogP contribution in [0.1, 0.15) is 10.4 Å². The monoisotopic (exact) mass is 259 g/mol. The summed E-state index contributed by atoms with van der Waals surface area (Å²) in [6.45, 7) is 0. The molecule has 4 heteroatoms. The van der Waals surface area contributed by atoms with Crippen LogP contribution in [0.4, 0.5) is 0 Å². The van der Waals surface area contributed by atoms with Gasteiger partial charge < -0.3 is 9.94 Å². The third-order valence-corrected chi connectivity index (χ3v) is 3.28. The molecular weight excluding hydrogens is 246 g/mol. The van der Waals surface area contributed by atoms with Gasteiger partial charge in [-0.1, -0.05) is 11.2 Å². The molecule has 2 rings (SSSR count). The molecule has 92 valence electrons. The lowest BCUT2D eigenvalue weighted by atomic mass is 10.1. The van der Waals surface area contributed by atoms with E-state index in [0.717, 1.165) is 16.2 Å². The van der Waals surface area contributed by atoms with Gasteiger partial charge in [0, 0.05) is 10.4 Å². The molecule has 0 saturated carbocycles. The molecule has 0 unspecified atom stereocenters. The summed E-state index contributed by atoms with van der Waals surface area (Å²) in [5.74, 6) is 0.776. The van der Waals surface area contributed by atoms with E-state index in [9.17, 15) is 0 Å². The van der Waals surface area contributed by atoms with Crippen molar-refractivity contribution in [2.24, 2.45) is 5.16 Å². The summed E-state index contributed by atoms with van der Waals surface area (Å²) in [7, 11) is 1.62. The molecule has 0 aliphatic heterocycles. The van der Waals surface area contributed by atoms with Gasteiger partial charge in [0.2, 0.25) is 0 Å². The van der Waals surface area contributed by atoms with Crippen LogP contribution in [0.25, 0.3) is 6.08 Å². The predicted molar refractivity (Wildman–Crippen MR) is 74.7 cm³/mol. The van der Waals surface area contributed by atoms with Gasteiger partial charge >= 0.3 is 0 Å². The fourth-order valence-electron chi connectivity index (χ4n) is 1.50. The smallest absolute Gasteiger partial charge is 0.118 e. The Morgan fingerprint density at radius 1 is 1.28 bits per heavy atom. The van der Waals surface area contributed by atoms with Gasteiger partial charge in [-0.25, -0.2) is 0 Å².